The maximum Gasteiger partial charge on any atom is 0.231 e. The van der Waals surface area contributed by atoms with Crippen molar-refractivity contribution in [1.29, 1.82) is 0 Å². The number of amides is 3. The van der Waals surface area contributed by atoms with Crippen molar-refractivity contribution >= 4 is 55.4 Å². The fraction of sp³-hybridized carbons (Fsp3) is 0.227. The molecule has 10 nitrogen and oxygen atoms in total. The van der Waals surface area contributed by atoms with Crippen molar-refractivity contribution in [3.63, 3.8) is 0 Å². The molecule has 12 heteroatoms. The number of rotatable bonds is 7. The molecular formula is C22H21N5O5S2. The summed E-state index contributed by atoms with van der Waals surface area (Å²) in [7, 11) is -3.58. The van der Waals surface area contributed by atoms with Crippen LogP contribution in [0, 0.1) is 5.92 Å². The van der Waals surface area contributed by atoms with Crippen LogP contribution >= 0.6 is 11.3 Å². The number of carbonyl (C=O) groups excluding carboxylic acids is 3. The lowest BCUT2D eigenvalue weighted by Crippen LogP contribution is -2.28. The summed E-state index contributed by atoms with van der Waals surface area (Å²) in [5.41, 5.74) is 1.23. The summed E-state index contributed by atoms with van der Waals surface area (Å²) in [5, 5.41) is 13.5. The van der Waals surface area contributed by atoms with E-state index in [0.717, 1.165) is 11.3 Å². The Morgan fingerprint density at radius 2 is 1.76 bits per heavy atom. The highest BCUT2D eigenvalue weighted by Crippen LogP contribution is 2.28. The van der Waals surface area contributed by atoms with Crippen LogP contribution in [0.5, 0.6) is 0 Å². The molecule has 2 heterocycles. The van der Waals surface area contributed by atoms with Crippen molar-refractivity contribution in [1.82, 2.24) is 10.2 Å². The fourth-order valence-corrected chi connectivity index (χ4v) is 5.86. The predicted octanol–water partition coefficient (Wildman–Crippen LogP) is 2.46. The van der Waals surface area contributed by atoms with E-state index in [1.807, 2.05) is 0 Å². The number of nitrogens with zero attached hydrogens (tertiary/aromatic N) is 3. The largest absolute Gasteiger partial charge is 0.326 e. The van der Waals surface area contributed by atoms with Gasteiger partial charge in [0.2, 0.25) is 22.9 Å². The molecule has 3 amide bonds. The Kier molecular flexibility index (Phi) is 6.70. The van der Waals surface area contributed by atoms with Gasteiger partial charge >= 0.3 is 0 Å². The lowest BCUT2D eigenvalue weighted by molar-refractivity contribution is -0.122. The number of anilines is 3. The number of carbonyl (C=O) groups is 3. The third-order valence-corrected chi connectivity index (χ3v) is 7.77. The highest BCUT2D eigenvalue weighted by atomic mass is 32.2. The molecule has 2 aromatic carbocycles. The van der Waals surface area contributed by atoms with E-state index in [0.29, 0.717) is 11.4 Å². The van der Waals surface area contributed by atoms with Crippen molar-refractivity contribution in [3.8, 4) is 0 Å². The number of nitrogens with one attached hydrogen (secondary N) is 2. The standard InChI is InChI=1S/C22H21N5O5S2/c1-14(28)23-16-7-9-17(10-8-16)27-12-15(11-20(27)29)21(30)24-22-26-25-19(33-22)13-34(31,32)18-5-3-2-4-6-18/h2-10,15H,11-13H2,1H3,(H,23,28)(H,24,26,30). The first-order chi connectivity index (χ1) is 16.2. The van der Waals surface area contributed by atoms with Gasteiger partial charge in [-0.25, -0.2) is 8.42 Å². The molecule has 1 saturated heterocycles. The van der Waals surface area contributed by atoms with Crippen LogP contribution in [0.4, 0.5) is 16.5 Å². The van der Waals surface area contributed by atoms with Crippen LogP contribution < -0.4 is 15.5 Å². The molecule has 0 aliphatic carbocycles. The zero-order valence-electron chi connectivity index (χ0n) is 18.1. The van der Waals surface area contributed by atoms with E-state index in [9.17, 15) is 22.8 Å². The Hall–Kier alpha value is -3.64. The number of aromatic nitrogens is 2. The predicted molar refractivity (Wildman–Crippen MR) is 127 cm³/mol. The number of hydrogen-bond donors (Lipinski definition) is 2. The average molecular weight is 500 g/mol. The molecule has 176 valence electrons. The van der Waals surface area contributed by atoms with Gasteiger partial charge < -0.3 is 15.5 Å². The van der Waals surface area contributed by atoms with Crippen LogP contribution in [-0.2, 0) is 30.0 Å². The van der Waals surface area contributed by atoms with Crippen molar-refractivity contribution in [2.24, 2.45) is 5.92 Å². The van der Waals surface area contributed by atoms with Gasteiger partial charge in [0.1, 0.15) is 10.8 Å². The second kappa shape index (κ2) is 9.69. The van der Waals surface area contributed by atoms with Crippen LogP contribution in [0.15, 0.2) is 59.5 Å². The lowest BCUT2D eigenvalue weighted by atomic mass is 10.1. The average Bonchev–Trinajstić information content (AvgIpc) is 3.40. The van der Waals surface area contributed by atoms with Crippen LogP contribution in [-0.4, -0.2) is 42.9 Å². The van der Waals surface area contributed by atoms with Gasteiger partial charge in [-0.05, 0) is 36.4 Å². The normalized spacial score (nSPS) is 15.9. The van der Waals surface area contributed by atoms with E-state index in [1.165, 1.54) is 24.0 Å². The van der Waals surface area contributed by atoms with E-state index in [-0.39, 0.29) is 51.5 Å². The van der Waals surface area contributed by atoms with Gasteiger partial charge in [0.25, 0.3) is 0 Å². The maximum absolute atomic E-state index is 12.7. The second-order valence-corrected chi connectivity index (χ2v) is 10.7. The van der Waals surface area contributed by atoms with Gasteiger partial charge in [-0.1, -0.05) is 29.5 Å². The van der Waals surface area contributed by atoms with E-state index in [2.05, 4.69) is 20.8 Å². The topological polar surface area (TPSA) is 138 Å². The van der Waals surface area contributed by atoms with Gasteiger partial charge in [-0.15, -0.1) is 10.2 Å². The molecule has 0 saturated carbocycles. The molecule has 1 aliphatic heterocycles. The van der Waals surface area contributed by atoms with Gasteiger partial charge in [0, 0.05) is 31.3 Å². The zero-order chi connectivity index (χ0) is 24.3. The minimum atomic E-state index is -3.58. The number of hydrogen-bond acceptors (Lipinski definition) is 8. The van der Waals surface area contributed by atoms with Crippen molar-refractivity contribution in [2.75, 3.05) is 22.1 Å². The molecule has 4 rings (SSSR count). The Labute approximate surface area is 199 Å². The summed E-state index contributed by atoms with van der Waals surface area (Å²) < 4.78 is 25.0. The summed E-state index contributed by atoms with van der Waals surface area (Å²) in [5.74, 6) is -1.70. The summed E-state index contributed by atoms with van der Waals surface area (Å²) in [6.45, 7) is 1.60. The van der Waals surface area contributed by atoms with Crippen molar-refractivity contribution < 1.29 is 22.8 Å². The highest BCUT2D eigenvalue weighted by molar-refractivity contribution is 7.90. The SMILES string of the molecule is CC(=O)Nc1ccc(N2CC(C(=O)Nc3nnc(CS(=O)(=O)c4ccccc4)s3)CC2=O)cc1. The van der Waals surface area contributed by atoms with E-state index in [4.69, 9.17) is 0 Å². The molecule has 1 aromatic heterocycles. The molecule has 0 bridgehead atoms. The molecule has 1 aliphatic rings. The van der Waals surface area contributed by atoms with Gasteiger partial charge in [-0.3, -0.25) is 14.4 Å². The van der Waals surface area contributed by atoms with Crippen LogP contribution in [0.25, 0.3) is 0 Å². The lowest BCUT2D eigenvalue weighted by Gasteiger charge is -2.17. The Morgan fingerprint density at radius 1 is 1.06 bits per heavy atom. The Bertz CT molecular complexity index is 1320. The Morgan fingerprint density at radius 3 is 2.44 bits per heavy atom. The minimum absolute atomic E-state index is 0.0350. The van der Waals surface area contributed by atoms with Gasteiger partial charge in [0.15, 0.2) is 9.84 Å². The fourth-order valence-electron chi connectivity index (χ4n) is 3.50. The molecule has 1 unspecified atom stereocenters. The van der Waals surface area contributed by atoms with Crippen molar-refractivity contribution in [3.05, 3.63) is 59.6 Å². The smallest absolute Gasteiger partial charge is 0.231 e. The molecule has 0 radical (unpaired) electrons. The van der Waals surface area contributed by atoms with E-state index in [1.54, 1.807) is 42.5 Å². The van der Waals surface area contributed by atoms with Crippen molar-refractivity contribution in [2.45, 2.75) is 24.0 Å². The van der Waals surface area contributed by atoms with Gasteiger partial charge in [0.05, 0.1) is 10.8 Å². The first-order valence-corrected chi connectivity index (χ1v) is 12.8. The molecule has 34 heavy (non-hydrogen) atoms. The van der Waals surface area contributed by atoms with Crippen LogP contribution in [0.1, 0.15) is 18.4 Å². The highest BCUT2D eigenvalue weighted by Gasteiger charge is 2.35. The summed E-state index contributed by atoms with van der Waals surface area (Å²) in [4.78, 5) is 38.0. The first-order valence-electron chi connectivity index (χ1n) is 10.3. The van der Waals surface area contributed by atoms with Gasteiger partial charge in [-0.2, -0.15) is 0 Å². The maximum atomic E-state index is 12.7. The van der Waals surface area contributed by atoms with Crippen LogP contribution in [0.3, 0.4) is 0 Å². The Balaban J connectivity index is 1.37. The molecule has 1 fully saturated rings. The van der Waals surface area contributed by atoms with E-state index < -0.39 is 15.8 Å². The third-order valence-electron chi connectivity index (χ3n) is 5.11. The first kappa shape index (κ1) is 23.5. The second-order valence-electron chi connectivity index (χ2n) is 7.70. The summed E-state index contributed by atoms with van der Waals surface area (Å²) in [6, 6.07) is 14.8. The quantitative estimate of drug-likeness (QED) is 0.509. The third kappa shape index (κ3) is 5.46. The number of benzene rings is 2. The molecule has 1 atom stereocenters. The molecular weight excluding hydrogens is 478 g/mol. The number of sulfone groups is 1. The van der Waals surface area contributed by atoms with E-state index >= 15 is 0 Å². The minimum Gasteiger partial charge on any atom is -0.326 e. The zero-order valence-corrected chi connectivity index (χ0v) is 19.7. The molecule has 0 spiro atoms. The summed E-state index contributed by atoms with van der Waals surface area (Å²) in [6.07, 6.45) is 0.0350. The monoisotopic (exact) mass is 499 g/mol. The van der Waals surface area contributed by atoms with Crippen LogP contribution in [0.2, 0.25) is 0 Å². The molecule has 3 aromatic rings. The summed E-state index contributed by atoms with van der Waals surface area (Å²) >= 11 is 0.980. The molecule has 2 N–H and O–H groups in total.